The van der Waals surface area contributed by atoms with E-state index >= 15 is 0 Å². The summed E-state index contributed by atoms with van der Waals surface area (Å²) in [5.74, 6) is -0.0466. The Labute approximate surface area is 218 Å². The fourth-order valence-corrected chi connectivity index (χ4v) is 7.18. The molecular weight excluding hydrogens is 465 g/mol. The van der Waals surface area contributed by atoms with Gasteiger partial charge in [-0.2, -0.15) is 5.06 Å². The molecule has 0 aromatic heterocycles. The molecule has 0 fully saturated rings. The van der Waals surface area contributed by atoms with Crippen molar-refractivity contribution < 1.29 is 13.9 Å². The molecule has 2 atom stereocenters. The lowest BCUT2D eigenvalue weighted by atomic mass is 9.91. The van der Waals surface area contributed by atoms with Crippen molar-refractivity contribution in [3.63, 3.8) is 0 Å². The summed E-state index contributed by atoms with van der Waals surface area (Å²) >= 11 is 0. The summed E-state index contributed by atoms with van der Waals surface area (Å²) in [6.45, 7) is 20.8. The second kappa shape index (κ2) is 10.5. The summed E-state index contributed by atoms with van der Waals surface area (Å²) in [4.78, 5) is 6.94. The average Bonchev–Trinajstić information content (AvgIpc) is 2.80. The molecule has 5 heteroatoms. The molecule has 0 aliphatic rings. The van der Waals surface area contributed by atoms with Crippen LogP contribution in [-0.2, 0) is 13.9 Å². The van der Waals surface area contributed by atoms with Crippen molar-refractivity contribution in [1.29, 1.82) is 0 Å². The van der Waals surface area contributed by atoms with Crippen molar-refractivity contribution in [2.24, 2.45) is 5.41 Å². The minimum Gasteiger partial charge on any atom is -0.333 e. The molecular formula is C31H42NO3P. The number of benzene rings is 4. The zero-order valence-corrected chi connectivity index (χ0v) is 24.3. The number of rotatable bonds is 9. The van der Waals surface area contributed by atoms with Gasteiger partial charge in [-0.3, -0.25) is 4.84 Å². The van der Waals surface area contributed by atoms with Crippen LogP contribution < -0.4 is 0 Å². The van der Waals surface area contributed by atoms with Gasteiger partial charge >= 0.3 is 0 Å². The Hall–Kier alpha value is -1.81. The Bertz CT molecular complexity index is 1280. The summed E-state index contributed by atoms with van der Waals surface area (Å²) in [6.07, 6.45) is -0.154. The van der Waals surface area contributed by atoms with Crippen LogP contribution in [0.2, 0.25) is 0 Å². The van der Waals surface area contributed by atoms with Gasteiger partial charge in [-0.25, -0.2) is 0 Å². The molecule has 0 aliphatic heterocycles. The second-order valence-corrected chi connectivity index (χ2v) is 13.2. The lowest BCUT2D eigenvalue weighted by Gasteiger charge is -2.48. The maximum absolute atomic E-state index is 6.94. The monoisotopic (exact) mass is 507 g/mol. The molecule has 0 aliphatic carbocycles. The Morgan fingerprint density at radius 2 is 1.28 bits per heavy atom. The van der Waals surface area contributed by atoms with Gasteiger partial charge in [0.1, 0.15) is 11.9 Å². The SMILES string of the molecule is CCOP(OCC)C(N(OC(C)c1ccc2ccc3cccc4ccc1c2c34)C(C)(C)C)C(C)(C)C. The molecule has 0 radical (unpaired) electrons. The molecule has 0 saturated carbocycles. The van der Waals surface area contributed by atoms with Crippen molar-refractivity contribution in [3.05, 3.63) is 60.2 Å². The van der Waals surface area contributed by atoms with E-state index in [0.717, 1.165) is 0 Å². The van der Waals surface area contributed by atoms with E-state index in [0.29, 0.717) is 13.2 Å². The van der Waals surface area contributed by atoms with Gasteiger partial charge in [0, 0.05) is 5.54 Å². The first kappa shape index (κ1) is 27.2. The van der Waals surface area contributed by atoms with Crippen molar-refractivity contribution >= 4 is 40.7 Å². The fourth-order valence-electron chi connectivity index (χ4n) is 5.11. The Kier molecular flexibility index (Phi) is 7.95. The molecule has 4 nitrogen and oxygen atoms in total. The molecule has 194 valence electrons. The molecule has 4 rings (SSSR count). The van der Waals surface area contributed by atoms with E-state index in [1.807, 2.05) is 13.8 Å². The average molecular weight is 508 g/mol. The van der Waals surface area contributed by atoms with Crippen LogP contribution in [0.5, 0.6) is 0 Å². The molecule has 2 unspecified atom stereocenters. The van der Waals surface area contributed by atoms with E-state index < -0.39 is 8.38 Å². The van der Waals surface area contributed by atoms with Gasteiger partial charge in [-0.1, -0.05) is 75.4 Å². The second-order valence-electron chi connectivity index (χ2n) is 11.6. The highest BCUT2D eigenvalue weighted by Gasteiger charge is 2.45. The van der Waals surface area contributed by atoms with Crippen LogP contribution in [0.4, 0.5) is 0 Å². The predicted octanol–water partition coefficient (Wildman–Crippen LogP) is 9.43. The van der Waals surface area contributed by atoms with E-state index in [9.17, 15) is 0 Å². The molecule has 36 heavy (non-hydrogen) atoms. The summed E-state index contributed by atoms with van der Waals surface area (Å²) < 4.78 is 12.4. The van der Waals surface area contributed by atoms with Crippen molar-refractivity contribution in [2.45, 2.75) is 79.7 Å². The molecule has 0 spiro atoms. The topological polar surface area (TPSA) is 30.9 Å². The van der Waals surface area contributed by atoms with Gasteiger partial charge in [0.15, 0.2) is 8.38 Å². The van der Waals surface area contributed by atoms with E-state index in [2.05, 4.69) is 108 Å². The smallest absolute Gasteiger partial charge is 0.192 e. The molecule has 0 bridgehead atoms. The first-order valence-electron chi connectivity index (χ1n) is 13.1. The highest BCUT2D eigenvalue weighted by atomic mass is 31.2. The Morgan fingerprint density at radius 1 is 0.750 bits per heavy atom. The lowest BCUT2D eigenvalue weighted by Crippen LogP contribution is -2.52. The maximum Gasteiger partial charge on any atom is 0.192 e. The van der Waals surface area contributed by atoms with Gasteiger partial charge in [0.2, 0.25) is 0 Å². The fraction of sp³-hybridized carbons (Fsp3) is 0.484. The minimum atomic E-state index is -1.18. The molecule has 4 aromatic rings. The number of nitrogens with zero attached hydrogens (tertiary/aromatic N) is 1. The van der Waals surface area contributed by atoms with Crippen molar-refractivity contribution in [1.82, 2.24) is 5.06 Å². The summed E-state index contributed by atoms with van der Waals surface area (Å²) in [6, 6.07) is 20.0. The Morgan fingerprint density at radius 3 is 1.81 bits per heavy atom. The van der Waals surface area contributed by atoms with Gasteiger partial charge in [-0.05, 0) is 84.8 Å². The molecule has 0 saturated heterocycles. The molecule has 4 aromatic carbocycles. The minimum absolute atomic E-state index is 0.0466. The zero-order valence-electron chi connectivity index (χ0n) is 23.4. The lowest BCUT2D eigenvalue weighted by molar-refractivity contribution is -0.263. The highest BCUT2D eigenvalue weighted by molar-refractivity contribution is 7.48. The summed E-state index contributed by atoms with van der Waals surface area (Å²) in [5, 5.41) is 9.88. The van der Waals surface area contributed by atoms with Crippen LogP contribution in [0.15, 0.2) is 54.6 Å². The Balaban J connectivity index is 1.80. The van der Waals surface area contributed by atoms with Gasteiger partial charge in [0.05, 0.1) is 13.2 Å². The van der Waals surface area contributed by atoms with E-state index in [4.69, 9.17) is 13.9 Å². The predicted molar refractivity (Wildman–Crippen MR) is 155 cm³/mol. The number of hydrogen-bond acceptors (Lipinski definition) is 4. The number of hydroxylamine groups is 2. The maximum atomic E-state index is 6.94. The van der Waals surface area contributed by atoms with E-state index in [1.54, 1.807) is 0 Å². The normalized spacial score (nSPS) is 15.1. The summed E-state index contributed by atoms with van der Waals surface area (Å²) in [7, 11) is -1.18. The van der Waals surface area contributed by atoms with Gasteiger partial charge in [0.25, 0.3) is 0 Å². The molecule has 0 heterocycles. The molecule has 0 N–H and O–H groups in total. The quantitative estimate of drug-likeness (QED) is 0.128. The van der Waals surface area contributed by atoms with Crippen molar-refractivity contribution in [2.75, 3.05) is 13.2 Å². The largest absolute Gasteiger partial charge is 0.333 e. The van der Waals surface area contributed by atoms with Gasteiger partial charge < -0.3 is 9.05 Å². The highest BCUT2D eigenvalue weighted by Crippen LogP contribution is 2.54. The van der Waals surface area contributed by atoms with Crippen LogP contribution in [0, 0.1) is 5.41 Å². The third-order valence-electron chi connectivity index (χ3n) is 6.64. The standard InChI is InChI=1S/C31H42NO3P/c1-10-33-36(34-11-2)29(30(4,5)6)32(31(7,8)9)35-21(3)25-19-17-24-16-15-22-13-12-14-23-18-20-26(25)28(24)27(22)23/h12-21,29H,10-11H2,1-9H3. The van der Waals surface area contributed by atoms with Crippen LogP contribution in [-0.4, -0.2) is 29.6 Å². The van der Waals surface area contributed by atoms with Crippen molar-refractivity contribution in [3.8, 4) is 0 Å². The number of hydrogen-bond donors (Lipinski definition) is 0. The van der Waals surface area contributed by atoms with Gasteiger partial charge in [-0.15, -0.1) is 0 Å². The van der Waals surface area contributed by atoms with E-state index in [-0.39, 0.29) is 22.8 Å². The van der Waals surface area contributed by atoms with Crippen LogP contribution in [0.1, 0.15) is 74.0 Å². The molecule has 0 amide bonds. The third-order valence-corrected chi connectivity index (χ3v) is 9.05. The third kappa shape index (κ3) is 5.26. The zero-order chi connectivity index (χ0) is 26.3. The summed E-state index contributed by atoms with van der Waals surface area (Å²) in [5.41, 5.74) is 0.816. The van der Waals surface area contributed by atoms with E-state index in [1.165, 1.54) is 37.9 Å². The van der Waals surface area contributed by atoms with Crippen LogP contribution in [0.3, 0.4) is 0 Å². The van der Waals surface area contributed by atoms with Crippen LogP contribution in [0.25, 0.3) is 32.3 Å². The first-order valence-corrected chi connectivity index (χ1v) is 14.4. The first-order chi connectivity index (χ1) is 17.0. The van der Waals surface area contributed by atoms with Crippen LogP contribution >= 0.6 is 8.38 Å².